The van der Waals surface area contributed by atoms with Crippen LogP contribution < -0.4 is 4.74 Å². The number of hydrogen-bond acceptors (Lipinski definition) is 7. The normalized spacial score (nSPS) is 10.8. The van der Waals surface area contributed by atoms with Gasteiger partial charge in [-0.25, -0.2) is 4.39 Å². The number of nitrogens with zero attached hydrogens (tertiary/aromatic N) is 6. The van der Waals surface area contributed by atoms with Gasteiger partial charge in [0.05, 0.1) is 12.7 Å². The van der Waals surface area contributed by atoms with Crippen molar-refractivity contribution in [2.24, 2.45) is 0 Å². The van der Waals surface area contributed by atoms with E-state index in [4.69, 9.17) is 9.26 Å². The number of para-hydroxylation sites is 1. The third-order valence-corrected chi connectivity index (χ3v) is 3.63. The van der Waals surface area contributed by atoms with Gasteiger partial charge in [-0.15, -0.1) is 10.2 Å². The van der Waals surface area contributed by atoms with E-state index in [-0.39, 0.29) is 12.4 Å². The smallest absolute Gasteiger partial charge is 0.250 e. The molecule has 0 unspecified atom stereocenters. The Morgan fingerprint density at radius 3 is 2.85 bits per heavy atom. The molecular weight excluding hydrogens is 339 g/mol. The van der Waals surface area contributed by atoms with Crippen LogP contribution in [0.15, 0.2) is 53.1 Å². The highest BCUT2D eigenvalue weighted by atomic mass is 19.1. The zero-order valence-electron chi connectivity index (χ0n) is 13.7. The van der Waals surface area contributed by atoms with Gasteiger partial charge in [-0.3, -0.25) is 0 Å². The van der Waals surface area contributed by atoms with E-state index in [0.29, 0.717) is 28.9 Å². The number of aromatic nitrogens is 6. The summed E-state index contributed by atoms with van der Waals surface area (Å²) in [5.74, 6) is 1.32. The highest BCUT2D eigenvalue weighted by molar-refractivity contribution is 5.63. The molecule has 0 spiro atoms. The molecule has 130 valence electrons. The van der Waals surface area contributed by atoms with Gasteiger partial charge in [0.1, 0.15) is 18.1 Å². The van der Waals surface area contributed by atoms with Crippen LogP contribution >= 0.6 is 0 Å². The molecule has 0 bridgehead atoms. The van der Waals surface area contributed by atoms with Gasteiger partial charge in [0.15, 0.2) is 0 Å². The molecule has 4 rings (SSSR count). The average molecular weight is 352 g/mol. The molecule has 0 atom stereocenters. The lowest BCUT2D eigenvalue weighted by atomic mass is 10.2. The largest absolute Gasteiger partial charge is 0.496 e. The topological polar surface area (TPSA) is 91.8 Å². The molecule has 0 radical (unpaired) electrons. The van der Waals surface area contributed by atoms with Crippen LogP contribution in [0.4, 0.5) is 4.39 Å². The van der Waals surface area contributed by atoms with Gasteiger partial charge in [-0.2, -0.15) is 9.78 Å². The summed E-state index contributed by atoms with van der Waals surface area (Å²) in [6.07, 6.45) is 0. The molecule has 8 nitrogen and oxygen atoms in total. The molecule has 26 heavy (non-hydrogen) atoms. The van der Waals surface area contributed by atoms with Crippen molar-refractivity contribution >= 4 is 0 Å². The Morgan fingerprint density at radius 2 is 2.00 bits per heavy atom. The third kappa shape index (κ3) is 3.14. The Balaban J connectivity index is 1.55. The number of methoxy groups -OCH3 is 1. The summed E-state index contributed by atoms with van der Waals surface area (Å²) < 4.78 is 23.9. The van der Waals surface area contributed by atoms with Gasteiger partial charge in [-0.05, 0) is 29.5 Å². The van der Waals surface area contributed by atoms with Crippen LogP contribution in [0.25, 0.3) is 22.8 Å². The molecular formula is C17H13FN6O2. The zero-order valence-corrected chi connectivity index (χ0v) is 13.7. The Kier molecular flexibility index (Phi) is 4.10. The number of benzene rings is 2. The van der Waals surface area contributed by atoms with E-state index in [2.05, 4.69) is 25.6 Å². The van der Waals surface area contributed by atoms with E-state index in [1.54, 1.807) is 19.2 Å². The van der Waals surface area contributed by atoms with Crippen LogP contribution in [0, 0.1) is 5.82 Å². The van der Waals surface area contributed by atoms with Gasteiger partial charge < -0.3 is 9.26 Å². The fraction of sp³-hybridized carbons (Fsp3) is 0.118. The quantitative estimate of drug-likeness (QED) is 0.545. The predicted octanol–water partition coefficient (Wildman–Crippen LogP) is 2.59. The first kappa shape index (κ1) is 15.9. The zero-order chi connectivity index (χ0) is 17.9. The second-order valence-corrected chi connectivity index (χ2v) is 5.37. The summed E-state index contributed by atoms with van der Waals surface area (Å²) in [6, 6.07) is 13.4. The molecule has 9 heteroatoms. The molecule has 0 fully saturated rings. The lowest BCUT2D eigenvalue weighted by molar-refractivity contribution is 0.356. The first-order valence-electron chi connectivity index (χ1n) is 7.72. The first-order valence-corrected chi connectivity index (χ1v) is 7.72. The molecule has 2 aromatic heterocycles. The molecule has 0 amide bonds. The SMILES string of the molecule is COc1ccccc1-c1noc(Cn2nnc(-c3cccc(F)c3)n2)n1. The van der Waals surface area contributed by atoms with Crippen molar-refractivity contribution in [1.29, 1.82) is 0 Å². The molecule has 0 saturated carbocycles. The molecule has 0 aliphatic heterocycles. The summed E-state index contributed by atoms with van der Waals surface area (Å²) in [5.41, 5.74) is 1.26. The Hall–Kier alpha value is -3.62. The minimum Gasteiger partial charge on any atom is -0.496 e. The Bertz CT molecular complexity index is 1040. The average Bonchev–Trinajstić information content (AvgIpc) is 3.32. The third-order valence-electron chi connectivity index (χ3n) is 3.63. The van der Waals surface area contributed by atoms with Crippen molar-refractivity contribution < 1.29 is 13.7 Å². The van der Waals surface area contributed by atoms with Crippen LogP contribution in [0.3, 0.4) is 0 Å². The number of tetrazole rings is 1. The molecule has 4 aromatic rings. The van der Waals surface area contributed by atoms with Crippen molar-refractivity contribution in [1.82, 2.24) is 30.3 Å². The minimum absolute atomic E-state index is 0.143. The highest BCUT2D eigenvalue weighted by Gasteiger charge is 2.14. The number of halogens is 1. The van der Waals surface area contributed by atoms with Crippen LogP contribution in [0.2, 0.25) is 0 Å². The van der Waals surface area contributed by atoms with E-state index in [1.807, 2.05) is 24.3 Å². The van der Waals surface area contributed by atoms with Gasteiger partial charge in [-0.1, -0.05) is 29.4 Å². The second kappa shape index (κ2) is 6.71. The van der Waals surface area contributed by atoms with Crippen LogP contribution in [-0.2, 0) is 6.54 Å². The molecule has 0 aliphatic rings. The molecule has 0 N–H and O–H groups in total. The second-order valence-electron chi connectivity index (χ2n) is 5.37. The summed E-state index contributed by atoms with van der Waals surface area (Å²) >= 11 is 0. The molecule has 2 heterocycles. The van der Waals surface area contributed by atoms with Crippen LogP contribution in [-0.4, -0.2) is 37.5 Å². The van der Waals surface area contributed by atoms with E-state index in [1.165, 1.54) is 16.9 Å². The number of hydrogen-bond donors (Lipinski definition) is 0. The van der Waals surface area contributed by atoms with Crippen molar-refractivity contribution in [2.45, 2.75) is 6.54 Å². The molecule has 2 aromatic carbocycles. The van der Waals surface area contributed by atoms with E-state index >= 15 is 0 Å². The van der Waals surface area contributed by atoms with Crippen LogP contribution in [0.5, 0.6) is 5.75 Å². The minimum atomic E-state index is -0.364. The highest BCUT2D eigenvalue weighted by Crippen LogP contribution is 2.27. The van der Waals surface area contributed by atoms with E-state index in [9.17, 15) is 4.39 Å². The maximum atomic E-state index is 13.3. The number of ether oxygens (including phenoxy) is 1. The van der Waals surface area contributed by atoms with Gasteiger partial charge in [0.25, 0.3) is 5.89 Å². The van der Waals surface area contributed by atoms with Gasteiger partial charge in [0, 0.05) is 5.56 Å². The monoisotopic (exact) mass is 352 g/mol. The first-order chi connectivity index (χ1) is 12.7. The van der Waals surface area contributed by atoms with Crippen molar-refractivity contribution in [3.05, 3.63) is 60.2 Å². The standard InChI is InChI=1S/C17H13FN6O2/c1-25-14-8-3-2-7-13(14)17-19-15(26-22-17)10-24-21-16(20-23-24)11-5-4-6-12(18)9-11/h2-9H,10H2,1H3. The number of rotatable bonds is 5. The maximum Gasteiger partial charge on any atom is 0.250 e. The predicted molar refractivity (Wildman–Crippen MR) is 88.6 cm³/mol. The summed E-state index contributed by atoms with van der Waals surface area (Å²) in [6.45, 7) is 0.143. The fourth-order valence-electron chi connectivity index (χ4n) is 2.43. The van der Waals surface area contributed by atoms with Crippen molar-refractivity contribution in [3.63, 3.8) is 0 Å². The van der Waals surface area contributed by atoms with Crippen molar-refractivity contribution in [3.8, 4) is 28.5 Å². The van der Waals surface area contributed by atoms with Gasteiger partial charge in [0.2, 0.25) is 11.6 Å². The lowest BCUT2D eigenvalue weighted by Crippen LogP contribution is -2.04. The Labute approximate surface area is 147 Å². The fourth-order valence-corrected chi connectivity index (χ4v) is 2.43. The summed E-state index contributed by atoms with van der Waals surface area (Å²) in [4.78, 5) is 5.64. The Morgan fingerprint density at radius 1 is 1.12 bits per heavy atom. The maximum absolute atomic E-state index is 13.3. The van der Waals surface area contributed by atoms with Crippen molar-refractivity contribution in [2.75, 3.05) is 7.11 Å². The van der Waals surface area contributed by atoms with E-state index in [0.717, 1.165) is 5.56 Å². The van der Waals surface area contributed by atoms with Gasteiger partial charge >= 0.3 is 0 Å². The van der Waals surface area contributed by atoms with Crippen LogP contribution in [0.1, 0.15) is 5.89 Å². The van der Waals surface area contributed by atoms with E-state index < -0.39 is 0 Å². The lowest BCUT2D eigenvalue weighted by Gasteiger charge is -2.02. The summed E-state index contributed by atoms with van der Waals surface area (Å²) in [5, 5.41) is 16.0. The summed E-state index contributed by atoms with van der Waals surface area (Å²) in [7, 11) is 1.58. The molecule has 0 saturated heterocycles. The molecule has 0 aliphatic carbocycles.